The van der Waals surface area contributed by atoms with Crippen molar-refractivity contribution in [3.05, 3.63) is 43.1 Å². The molecule has 0 saturated heterocycles. The van der Waals surface area contributed by atoms with Crippen molar-refractivity contribution in [3.63, 3.8) is 0 Å². The first kappa shape index (κ1) is 10.0. The molecule has 0 aliphatic rings. The molecule has 2 N–H and O–H groups in total. The highest BCUT2D eigenvalue weighted by molar-refractivity contribution is 5.83. The van der Waals surface area contributed by atoms with E-state index in [1.165, 1.54) is 0 Å². The summed E-state index contributed by atoms with van der Waals surface area (Å²) < 4.78 is 3.51. The molecule has 3 aromatic heterocycles. The van der Waals surface area contributed by atoms with E-state index in [1.54, 1.807) is 34.0 Å². The first-order valence-corrected chi connectivity index (χ1v) is 5.71. The molecule has 0 spiro atoms. The molecule has 0 unspecified atom stereocenters. The average Bonchev–Trinajstić information content (AvgIpc) is 3.03. The number of aromatic nitrogens is 6. The first-order chi connectivity index (χ1) is 9.33. The van der Waals surface area contributed by atoms with Gasteiger partial charge in [-0.1, -0.05) is 0 Å². The number of rotatable bonds is 1. The van der Waals surface area contributed by atoms with Gasteiger partial charge in [0.25, 0.3) is 0 Å². The number of nitrogens with zero attached hydrogens (tertiary/aromatic N) is 6. The SMILES string of the molecule is Nc1ccc2cnn(-c3nccn4cnnc34)c2c1. The van der Waals surface area contributed by atoms with E-state index in [4.69, 9.17) is 5.73 Å². The van der Waals surface area contributed by atoms with Crippen LogP contribution in [0.3, 0.4) is 0 Å². The zero-order valence-corrected chi connectivity index (χ0v) is 9.80. The van der Waals surface area contributed by atoms with Crippen LogP contribution in [-0.4, -0.2) is 29.4 Å². The van der Waals surface area contributed by atoms with Gasteiger partial charge in [0.15, 0.2) is 5.82 Å². The molecule has 0 aliphatic heterocycles. The van der Waals surface area contributed by atoms with Gasteiger partial charge in [-0.3, -0.25) is 4.40 Å². The third kappa shape index (κ3) is 1.38. The molecule has 0 saturated carbocycles. The molecule has 7 heteroatoms. The maximum Gasteiger partial charge on any atom is 0.205 e. The maximum absolute atomic E-state index is 5.83. The molecule has 0 aliphatic carbocycles. The number of nitrogen functional groups attached to an aromatic ring is 1. The fourth-order valence-corrected chi connectivity index (χ4v) is 2.10. The van der Waals surface area contributed by atoms with E-state index in [2.05, 4.69) is 20.3 Å². The van der Waals surface area contributed by atoms with E-state index < -0.39 is 0 Å². The topological polar surface area (TPSA) is 86.9 Å². The van der Waals surface area contributed by atoms with Gasteiger partial charge in [-0.05, 0) is 18.2 Å². The molecule has 19 heavy (non-hydrogen) atoms. The number of fused-ring (bicyclic) bond motifs is 2. The summed E-state index contributed by atoms with van der Waals surface area (Å²) in [6, 6.07) is 5.64. The van der Waals surface area contributed by atoms with Crippen LogP contribution in [0.4, 0.5) is 5.69 Å². The van der Waals surface area contributed by atoms with Crippen LogP contribution in [-0.2, 0) is 0 Å². The highest BCUT2D eigenvalue weighted by atomic mass is 15.3. The molecule has 4 aromatic rings. The van der Waals surface area contributed by atoms with Gasteiger partial charge < -0.3 is 5.73 Å². The molecular weight excluding hydrogens is 242 g/mol. The Morgan fingerprint density at radius 1 is 1.21 bits per heavy atom. The molecule has 92 valence electrons. The monoisotopic (exact) mass is 251 g/mol. The molecular formula is C12H9N7. The van der Waals surface area contributed by atoms with Crippen LogP contribution >= 0.6 is 0 Å². The summed E-state index contributed by atoms with van der Waals surface area (Å²) in [5.41, 5.74) is 8.05. The fraction of sp³-hybridized carbons (Fsp3) is 0. The van der Waals surface area contributed by atoms with Crippen LogP contribution < -0.4 is 5.73 Å². The summed E-state index contributed by atoms with van der Waals surface area (Å²) in [6.45, 7) is 0. The Balaban J connectivity index is 2.09. The van der Waals surface area contributed by atoms with Crippen molar-refractivity contribution in [3.8, 4) is 5.82 Å². The lowest BCUT2D eigenvalue weighted by Gasteiger charge is -2.03. The summed E-state index contributed by atoms with van der Waals surface area (Å²) >= 11 is 0. The molecule has 1 aromatic carbocycles. The van der Waals surface area contributed by atoms with Crippen LogP contribution in [0.5, 0.6) is 0 Å². The molecule has 4 rings (SSSR count). The number of anilines is 1. The van der Waals surface area contributed by atoms with Gasteiger partial charge in [-0.2, -0.15) is 5.10 Å². The van der Waals surface area contributed by atoms with Crippen molar-refractivity contribution in [2.24, 2.45) is 0 Å². The predicted molar refractivity (Wildman–Crippen MR) is 69.8 cm³/mol. The lowest BCUT2D eigenvalue weighted by molar-refractivity contribution is 0.867. The zero-order valence-electron chi connectivity index (χ0n) is 9.80. The van der Waals surface area contributed by atoms with Gasteiger partial charge in [0.2, 0.25) is 5.65 Å². The number of hydrogen-bond acceptors (Lipinski definition) is 5. The van der Waals surface area contributed by atoms with E-state index in [0.29, 0.717) is 17.2 Å². The Labute approximate surface area is 107 Å². The van der Waals surface area contributed by atoms with Crippen molar-refractivity contribution in [2.45, 2.75) is 0 Å². The van der Waals surface area contributed by atoms with Gasteiger partial charge in [0.1, 0.15) is 6.33 Å². The van der Waals surface area contributed by atoms with Crippen molar-refractivity contribution in [1.29, 1.82) is 0 Å². The van der Waals surface area contributed by atoms with Crippen LogP contribution in [0.1, 0.15) is 0 Å². The Hall–Kier alpha value is -2.96. The largest absolute Gasteiger partial charge is 0.399 e. The number of benzene rings is 1. The van der Waals surface area contributed by atoms with E-state index in [1.807, 2.05) is 18.2 Å². The minimum absolute atomic E-state index is 0.626. The zero-order chi connectivity index (χ0) is 12.8. The fourth-order valence-electron chi connectivity index (χ4n) is 2.10. The van der Waals surface area contributed by atoms with Gasteiger partial charge in [-0.15, -0.1) is 10.2 Å². The number of nitrogens with two attached hydrogens (primary N) is 1. The molecule has 0 fully saturated rings. The van der Waals surface area contributed by atoms with Crippen molar-refractivity contribution in [1.82, 2.24) is 29.4 Å². The Morgan fingerprint density at radius 2 is 2.16 bits per heavy atom. The summed E-state index contributed by atoms with van der Waals surface area (Å²) in [6.07, 6.45) is 6.88. The second-order valence-electron chi connectivity index (χ2n) is 4.19. The van der Waals surface area contributed by atoms with Crippen LogP contribution in [0.2, 0.25) is 0 Å². The maximum atomic E-state index is 5.83. The molecule has 7 nitrogen and oxygen atoms in total. The van der Waals surface area contributed by atoms with Gasteiger partial charge >= 0.3 is 0 Å². The standard InChI is InChI=1S/C12H9N7/c13-9-2-1-8-6-16-19(10(8)5-9)11-12-17-15-7-18(12)4-3-14-11/h1-7H,13H2. The van der Waals surface area contributed by atoms with Crippen molar-refractivity contribution < 1.29 is 0 Å². The highest BCUT2D eigenvalue weighted by Crippen LogP contribution is 2.21. The summed E-state index contributed by atoms with van der Waals surface area (Å²) in [5, 5.41) is 13.3. The molecule has 0 atom stereocenters. The Bertz CT molecular complexity index is 889. The quantitative estimate of drug-likeness (QED) is 0.511. The minimum Gasteiger partial charge on any atom is -0.399 e. The summed E-state index contributed by atoms with van der Waals surface area (Å²) in [5.74, 6) is 0.626. The van der Waals surface area contributed by atoms with Crippen LogP contribution in [0, 0.1) is 0 Å². The predicted octanol–water partition coefficient (Wildman–Crippen LogP) is 1.05. The third-order valence-corrected chi connectivity index (χ3v) is 2.99. The third-order valence-electron chi connectivity index (χ3n) is 2.99. The lowest BCUT2D eigenvalue weighted by atomic mass is 10.2. The van der Waals surface area contributed by atoms with E-state index in [0.717, 1.165) is 10.9 Å². The van der Waals surface area contributed by atoms with E-state index in [9.17, 15) is 0 Å². The van der Waals surface area contributed by atoms with Crippen molar-refractivity contribution in [2.75, 3.05) is 5.73 Å². The number of hydrogen-bond donors (Lipinski definition) is 1. The lowest BCUT2D eigenvalue weighted by Crippen LogP contribution is -2.02. The van der Waals surface area contributed by atoms with E-state index >= 15 is 0 Å². The molecule has 3 heterocycles. The van der Waals surface area contributed by atoms with Crippen molar-refractivity contribution >= 4 is 22.2 Å². The van der Waals surface area contributed by atoms with Crippen LogP contribution in [0.25, 0.3) is 22.4 Å². The second-order valence-corrected chi connectivity index (χ2v) is 4.19. The van der Waals surface area contributed by atoms with Crippen LogP contribution in [0.15, 0.2) is 43.1 Å². The normalized spacial score (nSPS) is 11.4. The van der Waals surface area contributed by atoms with Gasteiger partial charge in [0, 0.05) is 23.5 Å². The first-order valence-electron chi connectivity index (χ1n) is 5.71. The van der Waals surface area contributed by atoms with Gasteiger partial charge in [-0.25, -0.2) is 9.67 Å². The van der Waals surface area contributed by atoms with E-state index in [-0.39, 0.29) is 0 Å². The molecule has 0 amide bonds. The average molecular weight is 251 g/mol. The highest BCUT2D eigenvalue weighted by Gasteiger charge is 2.11. The minimum atomic E-state index is 0.626. The Morgan fingerprint density at radius 3 is 3.11 bits per heavy atom. The smallest absolute Gasteiger partial charge is 0.205 e. The second kappa shape index (κ2) is 3.52. The van der Waals surface area contributed by atoms with Gasteiger partial charge in [0.05, 0.1) is 11.7 Å². The summed E-state index contributed by atoms with van der Waals surface area (Å²) in [7, 11) is 0. The summed E-state index contributed by atoms with van der Waals surface area (Å²) in [4.78, 5) is 4.34. The molecule has 0 bridgehead atoms. The molecule has 0 radical (unpaired) electrons. The Kier molecular flexibility index (Phi) is 1.85.